The predicted octanol–water partition coefficient (Wildman–Crippen LogP) is 4.02. The second-order valence-electron chi connectivity index (χ2n) is 3.52. The number of halogens is 1. The molecular formula is C13H12ClNO. The van der Waals surface area contributed by atoms with E-state index in [9.17, 15) is 0 Å². The summed E-state index contributed by atoms with van der Waals surface area (Å²) in [5.41, 5.74) is 7.34. The summed E-state index contributed by atoms with van der Waals surface area (Å²) in [6.07, 6.45) is 0. The van der Waals surface area contributed by atoms with Crippen molar-refractivity contribution in [3.63, 3.8) is 0 Å². The van der Waals surface area contributed by atoms with E-state index in [1.165, 1.54) is 0 Å². The van der Waals surface area contributed by atoms with Gasteiger partial charge in [0.25, 0.3) is 0 Å². The van der Waals surface area contributed by atoms with E-state index in [4.69, 9.17) is 22.1 Å². The first-order valence-corrected chi connectivity index (χ1v) is 5.34. The summed E-state index contributed by atoms with van der Waals surface area (Å²) < 4.78 is 5.63. The minimum absolute atomic E-state index is 0.462. The Bertz CT molecular complexity index is 497. The van der Waals surface area contributed by atoms with Gasteiger partial charge in [-0.05, 0) is 30.7 Å². The molecule has 0 spiro atoms. The molecule has 2 aromatic carbocycles. The zero-order chi connectivity index (χ0) is 11.5. The molecule has 2 nitrogen and oxygen atoms in total. The third-order valence-electron chi connectivity index (χ3n) is 2.33. The van der Waals surface area contributed by atoms with Gasteiger partial charge in [0.15, 0.2) is 0 Å². The molecular weight excluding hydrogens is 222 g/mol. The zero-order valence-electron chi connectivity index (χ0n) is 8.91. The number of nitrogen functional groups attached to an aromatic ring is 1. The lowest BCUT2D eigenvalue weighted by atomic mass is 10.2. The maximum absolute atomic E-state index is 6.10. The summed E-state index contributed by atoms with van der Waals surface area (Å²) in [7, 11) is 0. The van der Waals surface area contributed by atoms with E-state index in [2.05, 4.69) is 0 Å². The largest absolute Gasteiger partial charge is 0.456 e. The predicted molar refractivity (Wildman–Crippen MR) is 67.1 cm³/mol. The van der Waals surface area contributed by atoms with Gasteiger partial charge in [0.05, 0.1) is 5.69 Å². The molecule has 16 heavy (non-hydrogen) atoms. The van der Waals surface area contributed by atoms with Gasteiger partial charge in [0.1, 0.15) is 16.5 Å². The van der Waals surface area contributed by atoms with Crippen LogP contribution in [0.15, 0.2) is 42.5 Å². The fourth-order valence-electron chi connectivity index (χ4n) is 1.36. The maximum Gasteiger partial charge on any atom is 0.148 e. The van der Waals surface area contributed by atoms with Crippen molar-refractivity contribution in [2.75, 3.05) is 5.73 Å². The molecule has 3 heteroatoms. The standard InChI is InChI=1S/C13H12ClNO/c1-9-7-8-11(12(14)13(9)15)16-10-5-3-2-4-6-10/h2-8H,15H2,1H3. The van der Waals surface area contributed by atoms with E-state index in [1.54, 1.807) is 0 Å². The Morgan fingerprint density at radius 2 is 1.75 bits per heavy atom. The third-order valence-corrected chi connectivity index (χ3v) is 2.72. The molecule has 0 aliphatic rings. The van der Waals surface area contributed by atoms with E-state index in [1.807, 2.05) is 49.4 Å². The summed E-state index contributed by atoms with van der Waals surface area (Å²) >= 11 is 6.10. The number of para-hydroxylation sites is 1. The molecule has 2 aromatic rings. The van der Waals surface area contributed by atoms with Gasteiger partial charge in [-0.15, -0.1) is 0 Å². The van der Waals surface area contributed by atoms with Gasteiger partial charge in [-0.3, -0.25) is 0 Å². The van der Waals surface area contributed by atoms with Crippen molar-refractivity contribution < 1.29 is 4.74 Å². The van der Waals surface area contributed by atoms with Crippen LogP contribution in [0, 0.1) is 6.92 Å². The number of hydrogen-bond donors (Lipinski definition) is 1. The molecule has 0 fully saturated rings. The first kappa shape index (κ1) is 10.8. The molecule has 0 atom stereocenters. The Morgan fingerprint density at radius 1 is 1.06 bits per heavy atom. The molecule has 0 amide bonds. The fourth-order valence-corrected chi connectivity index (χ4v) is 1.61. The van der Waals surface area contributed by atoms with Crippen molar-refractivity contribution in [1.82, 2.24) is 0 Å². The maximum atomic E-state index is 6.10. The summed E-state index contributed by atoms with van der Waals surface area (Å²) in [4.78, 5) is 0. The molecule has 0 saturated heterocycles. The van der Waals surface area contributed by atoms with Crippen molar-refractivity contribution in [3.8, 4) is 11.5 Å². The number of benzene rings is 2. The van der Waals surface area contributed by atoms with Crippen molar-refractivity contribution in [3.05, 3.63) is 53.1 Å². The number of anilines is 1. The summed E-state index contributed by atoms with van der Waals surface area (Å²) in [5.74, 6) is 1.32. The SMILES string of the molecule is Cc1ccc(Oc2ccccc2)c(Cl)c1N. The summed E-state index contributed by atoms with van der Waals surface area (Å²) in [5, 5.41) is 0.462. The minimum Gasteiger partial charge on any atom is -0.456 e. The summed E-state index contributed by atoms with van der Waals surface area (Å²) in [6, 6.07) is 13.2. The van der Waals surface area contributed by atoms with Crippen LogP contribution in [0.3, 0.4) is 0 Å². The van der Waals surface area contributed by atoms with E-state index in [-0.39, 0.29) is 0 Å². The number of hydrogen-bond acceptors (Lipinski definition) is 2. The van der Waals surface area contributed by atoms with E-state index < -0.39 is 0 Å². The van der Waals surface area contributed by atoms with Crippen molar-refractivity contribution in [2.24, 2.45) is 0 Å². The highest BCUT2D eigenvalue weighted by Gasteiger charge is 2.08. The zero-order valence-corrected chi connectivity index (χ0v) is 9.66. The van der Waals surface area contributed by atoms with Crippen molar-refractivity contribution >= 4 is 17.3 Å². The van der Waals surface area contributed by atoms with Gasteiger partial charge in [-0.25, -0.2) is 0 Å². The second kappa shape index (κ2) is 4.45. The number of nitrogens with two attached hydrogens (primary N) is 1. The molecule has 0 heterocycles. The Morgan fingerprint density at radius 3 is 2.44 bits per heavy atom. The Kier molecular flexibility index (Phi) is 3.02. The second-order valence-corrected chi connectivity index (χ2v) is 3.90. The minimum atomic E-state index is 0.462. The van der Waals surface area contributed by atoms with Gasteiger partial charge >= 0.3 is 0 Å². The highest BCUT2D eigenvalue weighted by atomic mass is 35.5. The van der Waals surface area contributed by atoms with Crippen LogP contribution in [-0.2, 0) is 0 Å². The molecule has 0 unspecified atom stereocenters. The van der Waals surface area contributed by atoms with E-state index >= 15 is 0 Å². The molecule has 0 radical (unpaired) electrons. The first-order chi connectivity index (χ1) is 7.68. The number of rotatable bonds is 2. The van der Waals surface area contributed by atoms with E-state index in [0.29, 0.717) is 16.5 Å². The van der Waals surface area contributed by atoms with Crippen LogP contribution in [-0.4, -0.2) is 0 Å². The smallest absolute Gasteiger partial charge is 0.148 e. The first-order valence-electron chi connectivity index (χ1n) is 4.96. The average molecular weight is 234 g/mol. The van der Waals surface area contributed by atoms with Crippen LogP contribution in [0.2, 0.25) is 5.02 Å². The monoisotopic (exact) mass is 233 g/mol. The normalized spacial score (nSPS) is 10.1. The van der Waals surface area contributed by atoms with Gasteiger partial charge in [-0.2, -0.15) is 0 Å². The molecule has 0 aliphatic heterocycles. The van der Waals surface area contributed by atoms with Crippen LogP contribution in [0.1, 0.15) is 5.56 Å². The fraction of sp³-hybridized carbons (Fsp3) is 0.0769. The van der Waals surface area contributed by atoms with Gasteiger partial charge in [0.2, 0.25) is 0 Å². The van der Waals surface area contributed by atoms with Crippen LogP contribution >= 0.6 is 11.6 Å². The Hall–Kier alpha value is -1.67. The molecule has 2 rings (SSSR count). The molecule has 0 aromatic heterocycles. The lowest BCUT2D eigenvalue weighted by Crippen LogP contribution is -1.93. The topological polar surface area (TPSA) is 35.2 Å². The quantitative estimate of drug-likeness (QED) is 0.795. The lowest BCUT2D eigenvalue weighted by Gasteiger charge is -2.10. The van der Waals surface area contributed by atoms with E-state index in [0.717, 1.165) is 11.3 Å². The molecule has 0 saturated carbocycles. The highest BCUT2D eigenvalue weighted by Crippen LogP contribution is 2.35. The highest BCUT2D eigenvalue weighted by molar-refractivity contribution is 6.34. The average Bonchev–Trinajstić information content (AvgIpc) is 2.31. The third kappa shape index (κ3) is 2.12. The summed E-state index contributed by atoms with van der Waals surface area (Å²) in [6.45, 7) is 1.91. The molecule has 82 valence electrons. The molecule has 0 aliphatic carbocycles. The molecule has 0 bridgehead atoms. The van der Waals surface area contributed by atoms with Crippen LogP contribution in [0.5, 0.6) is 11.5 Å². The Labute approximate surface area is 99.6 Å². The van der Waals surface area contributed by atoms with Gasteiger partial charge in [0, 0.05) is 0 Å². The lowest BCUT2D eigenvalue weighted by molar-refractivity contribution is 0.483. The number of ether oxygens (including phenoxy) is 1. The van der Waals surface area contributed by atoms with Gasteiger partial charge in [-0.1, -0.05) is 35.9 Å². The van der Waals surface area contributed by atoms with Gasteiger partial charge < -0.3 is 10.5 Å². The van der Waals surface area contributed by atoms with Crippen molar-refractivity contribution in [2.45, 2.75) is 6.92 Å². The van der Waals surface area contributed by atoms with Crippen LogP contribution in [0.25, 0.3) is 0 Å². The van der Waals surface area contributed by atoms with Crippen LogP contribution in [0.4, 0.5) is 5.69 Å². The molecule has 2 N–H and O–H groups in total. The van der Waals surface area contributed by atoms with Crippen molar-refractivity contribution in [1.29, 1.82) is 0 Å². The Balaban J connectivity index is 2.33. The van der Waals surface area contributed by atoms with Crippen LogP contribution < -0.4 is 10.5 Å². The number of aryl methyl sites for hydroxylation is 1.